The first-order chi connectivity index (χ1) is 15.1. The summed E-state index contributed by atoms with van der Waals surface area (Å²) in [4.78, 5) is 38.5. The molecule has 0 bridgehead atoms. The number of hydrogen-bond acceptors (Lipinski definition) is 6. The maximum absolute atomic E-state index is 13.1. The third kappa shape index (κ3) is 4.09. The van der Waals surface area contributed by atoms with Gasteiger partial charge in [-0.2, -0.15) is 0 Å². The van der Waals surface area contributed by atoms with Crippen LogP contribution in [0.25, 0.3) is 11.0 Å². The molecular formula is C25H18O6. The van der Waals surface area contributed by atoms with E-state index in [1.807, 2.05) is 0 Å². The summed E-state index contributed by atoms with van der Waals surface area (Å²) in [6.45, 7) is 0. The minimum Gasteiger partial charge on any atom is -0.493 e. The molecule has 31 heavy (non-hydrogen) atoms. The number of esters is 1. The Bertz CT molecular complexity index is 1290. The summed E-state index contributed by atoms with van der Waals surface area (Å²) in [5, 5.41) is 0.497. The fourth-order valence-electron chi connectivity index (χ4n) is 3.25. The van der Waals surface area contributed by atoms with E-state index in [0.717, 1.165) is 0 Å². The number of fused-ring (bicyclic) bond motifs is 1. The molecule has 6 nitrogen and oxygen atoms in total. The summed E-state index contributed by atoms with van der Waals surface area (Å²) in [6.07, 6.45) is -1.21. The second kappa shape index (κ2) is 8.67. The maximum Gasteiger partial charge on any atom is 0.351 e. The molecule has 154 valence electrons. The zero-order valence-electron chi connectivity index (χ0n) is 16.6. The molecule has 0 N–H and O–H groups in total. The zero-order chi connectivity index (χ0) is 21.8. The van der Waals surface area contributed by atoms with E-state index >= 15 is 0 Å². The summed E-state index contributed by atoms with van der Waals surface area (Å²) >= 11 is 0. The Morgan fingerprint density at radius 3 is 2.23 bits per heavy atom. The molecule has 1 heterocycles. The number of benzene rings is 3. The lowest BCUT2D eigenvalue weighted by atomic mass is 10.00. The Hall–Kier alpha value is -4.19. The van der Waals surface area contributed by atoms with Gasteiger partial charge in [0.1, 0.15) is 5.56 Å². The van der Waals surface area contributed by atoms with Crippen molar-refractivity contribution in [3.63, 3.8) is 0 Å². The SMILES string of the molecule is COc1cccc2cc(C(=O)OC(C(=O)c3ccccc3)c3ccccc3)c(=O)oc12. The van der Waals surface area contributed by atoms with Gasteiger partial charge >= 0.3 is 11.6 Å². The van der Waals surface area contributed by atoms with Crippen molar-refractivity contribution in [3.05, 3.63) is 112 Å². The lowest BCUT2D eigenvalue weighted by Crippen LogP contribution is -2.23. The minimum absolute atomic E-state index is 0.228. The predicted molar refractivity (Wildman–Crippen MR) is 114 cm³/mol. The monoisotopic (exact) mass is 414 g/mol. The normalized spacial score (nSPS) is 11.6. The smallest absolute Gasteiger partial charge is 0.351 e. The van der Waals surface area contributed by atoms with Gasteiger partial charge in [-0.1, -0.05) is 72.8 Å². The molecule has 4 rings (SSSR count). The van der Waals surface area contributed by atoms with Crippen molar-refractivity contribution in [2.45, 2.75) is 6.10 Å². The molecular weight excluding hydrogens is 396 g/mol. The van der Waals surface area contributed by atoms with E-state index in [1.54, 1.807) is 78.9 Å². The van der Waals surface area contributed by atoms with Crippen LogP contribution < -0.4 is 10.4 Å². The summed E-state index contributed by atoms with van der Waals surface area (Å²) in [6, 6.07) is 23.6. The Morgan fingerprint density at radius 2 is 1.55 bits per heavy atom. The highest BCUT2D eigenvalue weighted by Gasteiger charge is 2.28. The number of Topliss-reactive ketones (excluding diaryl/α,β-unsaturated/α-hetero) is 1. The molecule has 1 aromatic heterocycles. The average Bonchev–Trinajstić information content (AvgIpc) is 2.82. The Labute approximate surface area is 177 Å². The van der Waals surface area contributed by atoms with Crippen molar-refractivity contribution in [2.24, 2.45) is 0 Å². The van der Waals surface area contributed by atoms with Gasteiger partial charge in [-0.05, 0) is 12.1 Å². The Morgan fingerprint density at radius 1 is 0.871 bits per heavy atom. The van der Waals surface area contributed by atoms with Gasteiger partial charge in [-0.15, -0.1) is 0 Å². The van der Waals surface area contributed by atoms with Crippen LogP contribution >= 0.6 is 0 Å². The van der Waals surface area contributed by atoms with Gasteiger partial charge in [-0.3, -0.25) is 4.79 Å². The van der Waals surface area contributed by atoms with E-state index < -0.39 is 23.5 Å². The van der Waals surface area contributed by atoms with E-state index in [0.29, 0.717) is 22.3 Å². The van der Waals surface area contributed by atoms with Crippen LogP contribution in [-0.2, 0) is 4.74 Å². The standard InChI is InChI=1S/C25H18O6/c1-29-20-14-8-13-18-15-19(24(27)30-22(18)20)25(28)31-23(17-11-6-3-7-12-17)21(26)16-9-4-2-5-10-16/h2-15,23H,1H3. The largest absolute Gasteiger partial charge is 0.493 e. The molecule has 0 fully saturated rings. The maximum atomic E-state index is 13.1. The van der Waals surface area contributed by atoms with Crippen LogP contribution in [-0.4, -0.2) is 18.9 Å². The molecule has 1 unspecified atom stereocenters. The number of methoxy groups -OCH3 is 1. The van der Waals surface area contributed by atoms with Crippen LogP contribution in [0.1, 0.15) is 32.4 Å². The first kappa shape index (κ1) is 20.1. The highest BCUT2D eigenvalue weighted by atomic mass is 16.5. The van der Waals surface area contributed by atoms with E-state index in [2.05, 4.69) is 0 Å². The second-order valence-electron chi connectivity index (χ2n) is 6.75. The van der Waals surface area contributed by atoms with Gasteiger partial charge < -0.3 is 13.9 Å². The lowest BCUT2D eigenvalue weighted by molar-refractivity contribution is 0.0276. The number of rotatable bonds is 6. The van der Waals surface area contributed by atoms with Crippen molar-refractivity contribution >= 4 is 22.7 Å². The third-order valence-electron chi connectivity index (χ3n) is 4.79. The van der Waals surface area contributed by atoms with Gasteiger partial charge in [-0.25, -0.2) is 9.59 Å². The molecule has 0 saturated heterocycles. The van der Waals surface area contributed by atoms with Crippen LogP contribution in [0.15, 0.2) is 94.1 Å². The van der Waals surface area contributed by atoms with Gasteiger partial charge in [0.2, 0.25) is 5.78 Å². The van der Waals surface area contributed by atoms with Crippen LogP contribution in [0.5, 0.6) is 5.75 Å². The van der Waals surface area contributed by atoms with Crippen LogP contribution in [0.4, 0.5) is 0 Å². The van der Waals surface area contributed by atoms with Gasteiger partial charge in [0.25, 0.3) is 0 Å². The van der Waals surface area contributed by atoms with Crippen molar-refractivity contribution in [1.29, 1.82) is 0 Å². The molecule has 4 aromatic rings. The summed E-state index contributed by atoms with van der Waals surface area (Å²) in [7, 11) is 1.45. The highest BCUT2D eigenvalue weighted by molar-refractivity contribution is 6.02. The topological polar surface area (TPSA) is 82.8 Å². The number of carbonyl (C=O) groups is 2. The Kier molecular flexibility index (Phi) is 5.62. The van der Waals surface area contributed by atoms with Gasteiger partial charge in [0, 0.05) is 16.5 Å². The minimum atomic E-state index is -1.21. The quantitative estimate of drug-likeness (QED) is 0.261. The highest BCUT2D eigenvalue weighted by Crippen LogP contribution is 2.27. The predicted octanol–water partition coefficient (Wildman–Crippen LogP) is 4.58. The molecule has 6 heteroatoms. The van der Waals surface area contributed by atoms with E-state index in [4.69, 9.17) is 13.9 Å². The van der Waals surface area contributed by atoms with Gasteiger partial charge in [0.05, 0.1) is 7.11 Å². The fraction of sp³-hybridized carbons (Fsp3) is 0.0800. The summed E-state index contributed by atoms with van der Waals surface area (Å²) < 4.78 is 16.0. The number of ether oxygens (including phenoxy) is 2. The summed E-state index contributed by atoms with van der Waals surface area (Å²) in [5.41, 5.74) is -0.0639. The molecule has 0 aliphatic rings. The zero-order valence-corrected chi connectivity index (χ0v) is 16.6. The molecule has 1 atom stereocenters. The first-order valence-electron chi connectivity index (χ1n) is 9.54. The first-order valence-corrected chi connectivity index (χ1v) is 9.54. The van der Waals surface area contributed by atoms with Crippen LogP contribution in [0.2, 0.25) is 0 Å². The van der Waals surface area contributed by atoms with E-state index in [9.17, 15) is 14.4 Å². The molecule has 0 aliphatic heterocycles. The lowest BCUT2D eigenvalue weighted by Gasteiger charge is -2.17. The molecule has 0 spiro atoms. The average molecular weight is 414 g/mol. The van der Waals surface area contributed by atoms with Crippen molar-refractivity contribution in [2.75, 3.05) is 7.11 Å². The number of hydrogen-bond donors (Lipinski definition) is 0. The van der Waals surface area contributed by atoms with Crippen molar-refractivity contribution in [1.82, 2.24) is 0 Å². The fourth-order valence-corrected chi connectivity index (χ4v) is 3.25. The molecule has 0 radical (unpaired) electrons. The molecule has 0 amide bonds. The van der Waals surface area contributed by atoms with Gasteiger partial charge in [0.15, 0.2) is 17.4 Å². The molecule has 0 aliphatic carbocycles. The third-order valence-corrected chi connectivity index (χ3v) is 4.79. The second-order valence-corrected chi connectivity index (χ2v) is 6.75. The van der Waals surface area contributed by atoms with Crippen LogP contribution in [0.3, 0.4) is 0 Å². The van der Waals surface area contributed by atoms with Crippen molar-refractivity contribution in [3.8, 4) is 5.75 Å². The van der Waals surface area contributed by atoms with E-state index in [1.165, 1.54) is 13.2 Å². The van der Waals surface area contributed by atoms with E-state index in [-0.39, 0.29) is 11.1 Å². The van der Waals surface area contributed by atoms with Crippen molar-refractivity contribution < 1.29 is 23.5 Å². The van der Waals surface area contributed by atoms with Crippen LogP contribution in [0, 0.1) is 0 Å². The Balaban J connectivity index is 1.72. The number of para-hydroxylation sites is 1. The molecule has 3 aromatic carbocycles. The number of carbonyl (C=O) groups excluding carboxylic acids is 2. The number of ketones is 1. The molecule has 0 saturated carbocycles. The summed E-state index contributed by atoms with van der Waals surface area (Å²) in [5.74, 6) is -0.973.